The van der Waals surface area contributed by atoms with E-state index in [1.807, 2.05) is 34.6 Å². The summed E-state index contributed by atoms with van der Waals surface area (Å²) in [5.74, 6) is -0.538. The Morgan fingerprint density at radius 3 is 2.29 bits per heavy atom. The maximum Gasteiger partial charge on any atom is 0.497 e. The van der Waals surface area contributed by atoms with Crippen molar-refractivity contribution >= 4 is 18.6 Å². The molecule has 1 aromatic carbocycles. The predicted octanol–water partition coefficient (Wildman–Crippen LogP) is 2.24. The SMILES string of the molecule is CCOc1cc(B2OC(C)(C)C(C)(C)O2)c(F)cc1CC(=O)OC. The Morgan fingerprint density at radius 1 is 1.21 bits per heavy atom. The van der Waals surface area contributed by atoms with Crippen LogP contribution in [0.2, 0.25) is 0 Å². The van der Waals surface area contributed by atoms with Crippen LogP contribution in [0.1, 0.15) is 40.2 Å². The molecule has 1 aliphatic rings. The van der Waals surface area contributed by atoms with Gasteiger partial charge in [-0.15, -0.1) is 0 Å². The average Bonchev–Trinajstić information content (AvgIpc) is 2.69. The second-order valence-electron chi connectivity index (χ2n) is 6.76. The van der Waals surface area contributed by atoms with Gasteiger partial charge >= 0.3 is 13.1 Å². The van der Waals surface area contributed by atoms with Crippen LogP contribution in [-0.2, 0) is 25.3 Å². The van der Waals surface area contributed by atoms with Crippen molar-refractivity contribution in [2.24, 2.45) is 0 Å². The molecule has 1 saturated heterocycles. The number of methoxy groups -OCH3 is 1. The van der Waals surface area contributed by atoms with Gasteiger partial charge in [-0.25, -0.2) is 4.39 Å². The van der Waals surface area contributed by atoms with Gasteiger partial charge in [0.05, 0.1) is 31.3 Å². The van der Waals surface area contributed by atoms with Crippen molar-refractivity contribution in [2.75, 3.05) is 13.7 Å². The molecule has 1 fully saturated rings. The standard InChI is InChI=1S/C17H24BFO5/c1-7-22-14-10-12(13(19)8-11(14)9-15(20)21-6)18-23-16(2,3)17(4,5)24-18/h8,10H,7,9H2,1-6H3. The highest BCUT2D eigenvalue weighted by Gasteiger charge is 2.52. The van der Waals surface area contributed by atoms with Crippen molar-refractivity contribution in [3.05, 3.63) is 23.5 Å². The Labute approximate surface area is 142 Å². The minimum absolute atomic E-state index is 0.0631. The zero-order valence-electron chi connectivity index (χ0n) is 15.1. The molecular formula is C17H24BFO5. The van der Waals surface area contributed by atoms with E-state index >= 15 is 0 Å². The van der Waals surface area contributed by atoms with Gasteiger partial charge in [0.25, 0.3) is 0 Å². The number of esters is 1. The molecular weight excluding hydrogens is 314 g/mol. The molecule has 2 rings (SSSR count). The molecule has 0 bridgehead atoms. The fourth-order valence-electron chi connectivity index (χ4n) is 2.42. The third-order valence-electron chi connectivity index (χ3n) is 4.55. The first-order chi connectivity index (χ1) is 11.1. The van der Waals surface area contributed by atoms with Gasteiger partial charge in [-0.3, -0.25) is 4.79 Å². The van der Waals surface area contributed by atoms with Crippen molar-refractivity contribution in [3.8, 4) is 5.75 Å². The lowest BCUT2D eigenvalue weighted by atomic mass is 9.78. The van der Waals surface area contributed by atoms with Crippen LogP contribution >= 0.6 is 0 Å². The lowest BCUT2D eigenvalue weighted by molar-refractivity contribution is -0.139. The largest absolute Gasteiger partial charge is 0.497 e. The van der Waals surface area contributed by atoms with Crippen molar-refractivity contribution in [3.63, 3.8) is 0 Å². The molecule has 0 aliphatic carbocycles. The van der Waals surface area contributed by atoms with Crippen LogP contribution in [0.3, 0.4) is 0 Å². The molecule has 0 aromatic heterocycles. The minimum atomic E-state index is -0.832. The monoisotopic (exact) mass is 338 g/mol. The highest BCUT2D eigenvalue weighted by molar-refractivity contribution is 6.62. The minimum Gasteiger partial charge on any atom is -0.494 e. The summed E-state index contributed by atoms with van der Waals surface area (Å²) in [4.78, 5) is 11.5. The van der Waals surface area contributed by atoms with E-state index in [1.54, 1.807) is 6.07 Å². The van der Waals surface area contributed by atoms with Crippen LogP contribution in [0.25, 0.3) is 0 Å². The van der Waals surface area contributed by atoms with Crippen molar-refractivity contribution in [2.45, 2.75) is 52.2 Å². The van der Waals surface area contributed by atoms with E-state index < -0.39 is 30.1 Å². The Kier molecular flexibility index (Phi) is 5.25. The number of hydrogen-bond donors (Lipinski definition) is 0. The fraction of sp³-hybridized carbons (Fsp3) is 0.588. The summed E-state index contributed by atoms with van der Waals surface area (Å²) >= 11 is 0. The van der Waals surface area contributed by atoms with E-state index in [9.17, 15) is 9.18 Å². The highest BCUT2D eigenvalue weighted by atomic mass is 19.1. The van der Waals surface area contributed by atoms with Gasteiger partial charge in [-0.05, 0) is 46.8 Å². The van der Waals surface area contributed by atoms with Crippen molar-refractivity contribution in [1.82, 2.24) is 0 Å². The van der Waals surface area contributed by atoms with Crippen LogP contribution in [0, 0.1) is 5.82 Å². The number of carbonyl (C=O) groups excluding carboxylic acids is 1. The fourth-order valence-corrected chi connectivity index (χ4v) is 2.42. The van der Waals surface area contributed by atoms with Gasteiger partial charge in [-0.2, -0.15) is 0 Å². The molecule has 0 amide bonds. The van der Waals surface area contributed by atoms with Gasteiger partial charge < -0.3 is 18.8 Å². The molecule has 0 atom stereocenters. The first-order valence-corrected chi connectivity index (χ1v) is 7.99. The summed E-state index contributed by atoms with van der Waals surface area (Å²) in [7, 11) is 0.457. The van der Waals surface area contributed by atoms with Gasteiger partial charge in [0.2, 0.25) is 0 Å². The van der Waals surface area contributed by atoms with Crippen LogP contribution in [-0.4, -0.2) is 38.0 Å². The third-order valence-corrected chi connectivity index (χ3v) is 4.55. The summed E-state index contributed by atoms with van der Waals surface area (Å²) in [6, 6.07) is 2.82. The number of benzene rings is 1. The maximum atomic E-state index is 14.6. The van der Waals surface area contributed by atoms with Gasteiger partial charge in [0, 0.05) is 11.0 Å². The molecule has 0 radical (unpaired) electrons. The summed E-state index contributed by atoms with van der Waals surface area (Å²) in [6.07, 6.45) is -0.0631. The molecule has 1 aromatic rings. The first-order valence-electron chi connectivity index (χ1n) is 7.99. The number of hydrogen-bond acceptors (Lipinski definition) is 5. The van der Waals surface area contributed by atoms with Crippen molar-refractivity contribution in [1.29, 1.82) is 0 Å². The summed E-state index contributed by atoms with van der Waals surface area (Å²) in [5, 5.41) is 0. The predicted molar refractivity (Wildman–Crippen MR) is 89.0 cm³/mol. The van der Waals surface area contributed by atoms with Gasteiger partial charge in [-0.1, -0.05) is 0 Å². The molecule has 1 aliphatic heterocycles. The molecule has 0 spiro atoms. The summed E-state index contributed by atoms with van der Waals surface area (Å²) in [5.41, 5.74) is -0.451. The number of carbonyl (C=O) groups is 1. The maximum absolute atomic E-state index is 14.6. The van der Waals surface area contributed by atoms with E-state index in [1.165, 1.54) is 13.2 Å². The van der Waals surface area contributed by atoms with E-state index in [-0.39, 0.29) is 11.9 Å². The molecule has 132 valence electrons. The summed E-state index contributed by atoms with van der Waals surface area (Å²) < 4.78 is 36.6. The zero-order valence-corrected chi connectivity index (χ0v) is 15.1. The Bertz CT molecular complexity index is 614. The normalized spacial score (nSPS) is 18.5. The van der Waals surface area contributed by atoms with E-state index in [0.717, 1.165) is 0 Å². The van der Waals surface area contributed by atoms with Crippen LogP contribution in [0.5, 0.6) is 5.75 Å². The Hall–Kier alpha value is -1.60. The topological polar surface area (TPSA) is 54.0 Å². The van der Waals surface area contributed by atoms with E-state index in [2.05, 4.69) is 4.74 Å². The zero-order chi connectivity index (χ0) is 18.1. The van der Waals surface area contributed by atoms with Gasteiger partial charge in [0.15, 0.2) is 0 Å². The first kappa shape index (κ1) is 18.7. The lowest BCUT2D eigenvalue weighted by Crippen LogP contribution is -2.41. The number of ether oxygens (including phenoxy) is 2. The average molecular weight is 338 g/mol. The number of rotatable bonds is 5. The molecule has 24 heavy (non-hydrogen) atoms. The molecule has 0 unspecified atom stereocenters. The Balaban J connectivity index is 2.38. The van der Waals surface area contributed by atoms with Crippen molar-refractivity contribution < 1.29 is 28.0 Å². The van der Waals surface area contributed by atoms with Crippen LogP contribution < -0.4 is 10.2 Å². The van der Waals surface area contributed by atoms with E-state index in [4.69, 9.17) is 14.0 Å². The third kappa shape index (κ3) is 3.57. The second-order valence-corrected chi connectivity index (χ2v) is 6.76. The van der Waals surface area contributed by atoms with Crippen LogP contribution in [0.4, 0.5) is 4.39 Å². The molecule has 7 heteroatoms. The molecule has 1 heterocycles. The quantitative estimate of drug-likeness (QED) is 0.609. The van der Waals surface area contributed by atoms with Crippen LogP contribution in [0.15, 0.2) is 12.1 Å². The highest BCUT2D eigenvalue weighted by Crippen LogP contribution is 2.37. The molecule has 5 nitrogen and oxygen atoms in total. The lowest BCUT2D eigenvalue weighted by Gasteiger charge is -2.32. The van der Waals surface area contributed by atoms with Gasteiger partial charge in [0.1, 0.15) is 11.6 Å². The summed E-state index contributed by atoms with van der Waals surface area (Å²) in [6.45, 7) is 9.82. The molecule has 0 saturated carbocycles. The molecule has 0 N–H and O–H groups in total. The number of halogens is 1. The Morgan fingerprint density at radius 2 is 1.79 bits per heavy atom. The second kappa shape index (κ2) is 6.72. The smallest absolute Gasteiger partial charge is 0.494 e. The van der Waals surface area contributed by atoms with E-state index in [0.29, 0.717) is 17.9 Å².